The van der Waals surface area contributed by atoms with Crippen LogP contribution >= 0.6 is 0 Å². The molecule has 3 rings (SSSR count). The second-order valence-corrected chi connectivity index (χ2v) is 6.22. The van der Waals surface area contributed by atoms with Gasteiger partial charge in [-0.05, 0) is 51.9 Å². The van der Waals surface area contributed by atoms with Gasteiger partial charge in [-0.15, -0.1) is 0 Å². The smallest absolute Gasteiger partial charge is 0.118 e. The summed E-state index contributed by atoms with van der Waals surface area (Å²) in [7, 11) is 0. The van der Waals surface area contributed by atoms with E-state index in [1.165, 1.54) is 0 Å². The number of piperidine rings is 1. The molecule has 4 nitrogen and oxygen atoms in total. The zero-order valence-corrected chi connectivity index (χ0v) is 12.5. The van der Waals surface area contributed by atoms with E-state index in [2.05, 4.69) is 11.0 Å². The van der Waals surface area contributed by atoms with Crippen LogP contribution in [0.5, 0.6) is 0 Å². The molecule has 1 aliphatic heterocycles. The van der Waals surface area contributed by atoms with Crippen molar-refractivity contribution < 1.29 is 14.3 Å². The van der Waals surface area contributed by atoms with Crippen LogP contribution in [0.15, 0.2) is 16.5 Å². The van der Waals surface area contributed by atoms with E-state index in [1.807, 2.05) is 19.9 Å². The summed E-state index contributed by atoms with van der Waals surface area (Å²) in [5, 5.41) is 10.2. The molecule has 2 heterocycles. The van der Waals surface area contributed by atoms with Crippen LogP contribution in [0.2, 0.25) is 0 Å². The number of nitrogens with zero attached hydrogens (tertiary/aromatic N) is 1. The van der Waals surface area contributed by atoms with Gasteiger partial charge in [-0.2, -0.15) is 0 Å². The van der Waals surface area contributed by atoms with Gasteiger partial charge in [-0.3, -0.25) is 4.90 Å². The molecule has 112 valence electrons. The van der Waals surface area contributed by atoms with Gasteiger partial charge < -0.3 is 14.3 Å². The van der Waals surface area contributed by atoms with Crippen molar-refractivity contribution in [1.82, 2.24) is 4.90 Å². The number of ether oxygens (including phenoxy) is 1. The Hall–Kier alpha value is -0.840. The Bertz CT molecular complexity index is 446. The fourth-order valence-corrected chi connectivity index (χ4v) is 3.73. The highest BCUT2D eigenvalue weighted by Crippen LogP contribution is 2.51. The summed E-state index contributed by atoms with van der Waals surface area (Å²) in [6.45, 7) is 7.66. The average molecular weight is 279 g/mol. The van der Waals surface area contributed by atoms with E-state index < -0.39 is 0 Å². The third-order valence-electron chi connectivity index (χ3n) is 5.07. The fourth-order valence-electron chi connectivity index (χ4n) is 3.73. The Morgan fingerprint density at radius 2 is 2.15 bits per heavy atom. The lowest BCUT2D eigenvalue weighted by atomic mass is 9.58. The van der Waals surface area contributed by atoms with Crippen LogP contribution in [0.25, 0.3) is 0 Å². The number of hydrogen-bond acceptors (Lipinski definition) is 4. The third-order valence-corrected chi connectivity index (χ3v) is 5.07. The molecule has 2 atom stereocenters. The topological polar surface area (TPSA) is 45.8 Å². The largest absolute Gasteiger partial charge is 0.465 e. The Labute approximate surface area is 120 Å². The van der Waals surface area contributed by atoms with Gasteiger partial charge in [0.25, 0.3) is 0 Å². The van der Waals surface area contributed by atoms with Gasteiger partial charge in [0.15, 0.2) is 0 Å². The lowest BCUT2D eigenvalue weighted by Crippen LogP contribution is -2.62. The van der Waals surface area contributed by atoms with Crippen LogP contribution in [0.3, 0.4) is 0 Å². The molecule has 20 heavy (non-hydrogen) atoms. The first-order valence-electron chi connectivity index (χ1n) is 7.71. The molecule has 1 N–H and O–H groups in total. The highest BCUT2D eigenvalue weighted by molar-refractivity contribution is 5.08. The summed E-state index contributed by atoms with van der Waals surface area (Å²) >= 11 is 0. The first kappa shape index (κ1) is 14.1. The van der Waals surface area contributed by atoms with Crippen LogP contribution in [-0.4, -0.2) is 41.9 Å². The maximum Gasteiger partial charge on any atom is 0.118 e. The van der Waals surface area contributed by atoms with Crippen LogP contribution in [0.1, 0.15) is 37.7 Å². The first-order valence-corrected chi connectivity index (χ1v) is 7.71. The molecule has 0 unspecified atom stereocenters. The van der Waals surface area contributed by atoms with E-state index in [-0.39, 0.29) is 17.6 Å². The lowest BCUT2D eigenvalue weighted by molar-refractivity contribution is -0.210. The highest BCUT2D eigenvalue weighted by Gasteiger charge is 2.55. The van der Waals surface area contributed by atoms with Crippen molar-refractivity contribution in [3.05, 3.63) is 23.7 Å². The van der Waals surface area contributed by atoms with Crippen molar-refractivity contribution in [2.24, 2.45) is 5.41 Å². The first-order chi connectivity index (χ1) is 9.64. The Morgan fingerprint density at radius 1 is 1.40 bits per heavy atom. The number of furan rings is 1. The molecule has 1 aromatic heterocycles. The molecule has 1 saturated carbocycles. The summed E-state index contributed by atoms with van der Waals surface area (Å²) in [5.74, 6) is 2.01. The molecular formula is C16H25NO3. The molecule has 1 saturated heterocycles. The lowest BCUT2D eigenvalue weighted by Gasteiger charge is -2.56. The summed E-state index contributed by atoms with van der Waals surface area (Å²) in [6.07, 6.45) is 2.95. The van der Waals surface area contributed by atoms with E-state index >= 15 is 0 Å². The van der Waals surface area contributed by atoms with E-state index in [0.29, 0.717) is 0 Å². The monoisotopic (exact) mass is 279 g/mol. The maximum absolute atomic E-state index is 10.2. The Balaban J connectivity index is 1.56. The normalized spacial score (nSPS) is 29.6. The zero-order chi connectivity index (χ0) is 14.2. The van der Waals surface area contributed by atoms with Gasteiger partial charge in [-0.1, -0.05) is 0 Å². The van der Waals surface area contributed by atoms with Gasteiger partial charge in [0.2, 0.25) is 0 Å². The van der Waals surface area contributed by atoms with Crippen molar-refractivity contribution in [3.63, 3.8) is 0 Å². The third kappa shape index (κ3) is 2.41. The average Bonchev–Trinajstić information content (AvgIpc) is 2.85. The minimum atomic E-state index is -0.174. The van der Waals surface area contributed by atoms with Crippen molar-refractivity contribution >= 4 is 0 Å². The summed E-state index contributed by atoms with van der Waals surface area (Å²) < 4.78 is 11.4. The molecule has 0 bridgehead atoms. The van der Waals surface area contributed by atoms with E-state index in [1.54, 1.807) is 0 Å². The molecule has 1 spiro atoms. The van der Waals surface area contributed by atoms with E-state index in [4.69, 9.17) is 9.15 Å². The quantitative estimate of drug-likeness (QED) is 0.919. The molecule has 0 amide bonds. The number of aryl methyl sites for hydroxylation is 1. The Morgan fingerprint density at radius 3 is 2.70 bits per heavy atom. The van der Waals surface area contributed by atoms with Gasteiger partial charge in [0.1, 0.15) is 11.5 Å². The van der Waals surface area contributed by atoms with Crippen LogP contribution in [-0.2, 0) is 11.3 Å². The molecule has 0 radical (unpaired) electrons. The molecular weight excluding hydrogens is 254 g/mol. The molecule has 2 aliphatic rings. The van der Waals surface area contributed by atoms with Gasteiger partial charge >= 0.3 is 0 Å². The minimum Gasteiger partial charge on any atom is -0.465 e. The molecule has 1 aliphatic carbocycles. The summed E-state index contributed by atoms with van der Waals surface area (Å²) in [4.78, 5) is 2.41. The van der Waals surface area contributed by atoms with Crippen molar-refractivity contribution in [1.29, 1.82) is 0 Å². The molecule has 4 heteroatoms. The maximum atomic E-state index is 10.2. The standard InChI is InChI=1S/C16H25NO3/c1-3-19-15-10-14(18)16(15)6-8-17(9-7-16)11-13-5-4-12(2)20-13/h4-5,14-15,18H,3,6-11H2,1-2H3/t14-,15+/m1/s1. The number of hydrogen-bond donors (Lipinski definition) is 1. The van der Waals surface area contributed by atoms with Crippen molar-refractivity contribution in [2.45, 2.75) is 51.9 Å². The van der Waals surface area contributed by atoms with Gasteiger partial charge in [-0.25, -0.2) is 0 Å². The zero-order valence-electron chi connectivity index (χ0n) is 12.5. The summed E-state index contributed by atoms with van der Waals surface area (Å²) in [5.41, 5.74) is 0.0194. The predicted molar refractivity (Wildman–Crippen MR) is 76.4 cm³/mol. The minimum absolute atomic E-state index is 0.0194. The van der Waals surface area contributed by atoms with E-state index in [0.717, 1.165) is 57.0 Å². The van der Waals surface area contributed by atoms with Gasteiger partial charge in [0, 0.05) is 18.4 Å². The second kappa shape index (κ2) is 5.51. The molecule has 1 aromatic rings. The van der Waals surface area contributed by atoms with Crippen LogP contribution in [0.4, 0.5) is 0 Å². The summed E-state index contributed by atoms with van der Waals surface area (Å²) in [6, 6.07) is 4.07. The highest BCUT2D eigenvalue weighted by atomic mass is 16.5. The Kier molecular flexibility index (Phi) is 3.89. The predicted octanol–water partition coefficient (Wildman–Crippen LogP) is 2.34. The fraction of sp³-hybridized carbons (Fsp3) is 0.750. The van der Waals surface area contributed by atoms with Gasteiger partial charge in [0.05, 0.1) is 18.8 Å². The number of aliphatic hydroxyl groups is 1. The molecule has 0 aromatic carbocycles. The second-order valence-electron chi connectivity index (χ2n) is 6.22. The van der Waals surface area contributed by atoms with E-state index in [9.17, 15) is 5.11 Å². The molecule has 2 fully saturated rings. The van der Waals surface area contributed by atoms with Crippen LogP contribution < -0.4 is 0 Å². The number of likely N-dealkylation sites (tertiary alicyclic amines) is 1. The van der Waals surface area contributed by atoms with Crippen molar-refractivity contribution in [3.8, 4) is 0 Å². The SMILES string of the molecule is CCO[C@H]1C[C@@H](O)C12CCN(Cc1ccc(C)o1)CC2. The van der Waals surface area contributed by atoms with Crippen LogP contribution in [0, 0.1) is 12.3 Å². The number of rotatable bonds is 4. The number of aliphatic hydroxyl groups excluding tert-OH is 1. The van der Waals surface area contributed by atoms with Crippen molar-refractivity contribution in [2.75, 3.05) is 19.7 Å².